The van der Waals surface area contributed by atoms with Gasteiger partial charge in [-0.05, 0) is 18.2 Å². The fraction of sp³-hybridized carbons (Fsp3) is 0. The lowest BCUT2D eigenvalue weighted by Gasteiger charge is -2.00. The van der Waals surface area contributed by atoms with Crippen molar-refractivity contribution < 1.29 is 14.4 Å². The fourth-order valence-electron chi connectivity index (χ4n) is 1.31. The van der Waals surface area contributed by atoms with Crippen LogP contribution in [0.15, 0.2) is 31.9 Å². The van der Waals surface area contributed by atoms with Crippen LogP contribution in [0.3, 0.4) is 0 Å². The van der Waals surface area contributed by atoms with Crippen molar-refractivity contribution in [2.75, 3.05) is 0 Å². The lowest BCUT2D eigenvalue weighted by Crippen LogP contribution is -2.06. The Morgan fingerprint density at radius 3 is 2.75 bits per heavy atom. The van der Waals surface area contributed by atoms with Gasteiger partial charge in [-0.25, -0.2) is 4.79 Å². The maximum Gasteiger partial charge on any atom is 0.419 e. The van der Waals surface area contributed by atoms with Gasteiger partial charge in [0.25, 0.3) is 0 Å². The van der Waals surface area contributed by atoms with Gasteiger partial charge in [-0.2, -0.15) is 0 Å². The Morgan fingerprint density at radius 2 is 2.12 bits per heavy atom. The highest BCUT2D eigenvalue weighted by Gasteiger charge is 2.24. The fourth-order valence-corrected chi connectivity index (χ4v) is 1.67. The minimum absolute atomic E-state index is 0.0938. The van der Waals surface area contributed by atoms with Crippen molar-refractivity contribution in [1.29, 1.82) is 0 Å². The molecule has 2 aromatic rings. The summed E-state index contributed by atoms with van der Waals surface area (Å²) in [6.45, 7) is 0. The number of benzene rings is 1. The molecule has 1 heterocycles. The molecule has 0 aliphatic heterocycles. The molecular formula is C9H4BrNO5. The minimum atomic E-state index is -1.17. The van der Waals surface area contributed by atoms with E-state index in [0.717, 1.165) is 0 Å². The normalized spacial score (nSPS) is 10.6. The van der Waals surface area contributed by atoms with Gasteiger partial charge >= 0.3 is 11.3 Å². The van der Waals surface area contributed by atoms with Crippen LogP contribution in [-0.2, 0) is 0 Å². The third-order valence-electron chi connectivity index (χ3n) is 2.00. The second-order valence-electron chi connectivity index (χ2n) is 2.98. The number of hydrogen-bond acceptors (Lipinski definition) is 5. The molecule has 2 rings (SSSR count). The summed E-state index contributed by atoms with van der Waals surface area (Å²) in [6, 6.07) is 4.46. The number of nitrogens with zero attached hydrogens (tertiary/aromatic N) is 1. The van der Waals surface area contributed by atoms with Gasteiger partial charge in [-0.1, -0.05) is 15.9 Å². The van der Waals surface area contributed by atoms with Crippen LogP contribution in [0.2, 0.25) is 0 Å². The van der Waals surface area contributed by atoms with Gasteiger partial charge < -0.3 is 9.52 Å². The summed E-state index contributed by atoms with van der Waals surface area (Å²) >= 11 is 3.15. The number of rotatable bonds is 1. The summed E-state index contributed by atoms with van der Waals surface area (Å²) in [5, 5.41) is 20.3. The van der Waals surface area contributed by atoms with E-state index in [9.17, 15) is 20.0 Å². The predicted molar refractivity (Wildman–Crippen MR) is 58.5 cm³/mol. The van der Waals surface area contributed by atoms with Crippen LogP contribution >= 0.6 is 15.9 Å². The van der Waals surface area contributed by atoms with E-state index in [-0.39, 0.29) is 11.0 Å². The van der Waals surface area contributed by atoms with E-state index in [0.29, 0.717) is 4.47 Å². The largest absolute Gasteiger partial charge is 0.501 e. The van der Waals surface area contributed by atoms with Crippen molar-refractivity contribution >= 4 is 32.6 Å². The Hall–Kier alpha value is -1.89. The van der Waals surface area contributed by atoms with Crippen molar-refractivity contribution in [1.82, 2.24) is 0 Å². The van der Waals surface area contributed by atoms with E-state index in [1.165, 1.54) is 12.1 Å². The van der Waals surface area contributed by atoms with Crippen LogP contribution in [0.4, 0.5) is 5.69 Å². The number of aromatic hydroxyl groups is 1. The first-order chi connectivity index (χ1) is 7.50. The van der Waals surface area contributed by atoms with Crippen LogP contribution in [-0.4, -0.2) is 10.0 Å². The minimum Gasteiger partial charge on any atom is -0.501 e. The first-order valence-corrected chi connectivity index (χ1v) is 4.89. The van der Waals surface area contributed by atoms with Gasteiger partial charge in [-0.15, -0.1) is 0 Å². The molecule has 1 aromatic heterocycles. The molecule has 0 aliphatic carbocycles. The summed E-state index contributed by atoms with van der Waals surface area (Å²) in [5.74, 6) is -0.683. The average Bonchev–Trinajstić information content (AvgIpc) is 2.19. The molecule has 1 aromatic carbocycles. The molecule has 0 fully saturated rings. The highest BCUT2D eigenvalue weighted by molar-refractivity contribution is 9.10. The molecule has 0 saturated carbocycles. The Bertz CT molecular complexity index is 648. The van der Waals surface area contributed by atoms with Crippen molar-refractivity contribution in [3.63, 3.8) is 0 Å². The van der Waals surface area contributed by atoms with Crippen molar-refractivity contribution in [3.05, 3.63) is 43.2 Å². The quantitative estimate of drug-likeness (QED) is 0.492. The molecule has 0 aliphatic rings. The molecule has 0 spiro atoms. The number of hydrogen-bond donors (Lipinski definition) is 1. The molecule has 0 radical (unpaired) electrons. The van der Waals surface area contributed by atoms with Gasteiger partial charge in [0.15, 0.2) is 0 Å². The maximum absolute atomic E-state index is 11.2. The SMILES string of the molecule is O=c1oc2ccc(Br)cc2c(O)c1[N+](=O)[O-]. The first kappa shape index (κ1) is 10.6. The van der Waals surface area contributed by atoms with Crippen LogP contribution < -0.4 is 5.63 Å². The number of halogens is 1. The monoisotopic (exact) mass is 285 g/mol. The Balaban J connectivity index is 2.96. The summed E-state index contributed by atoms with van der Waals surface area (Å²) in [7, 11) is 0. The molecule has 0 unspecified atom stereocenters. The summed E-state index contributed by atoms with van der Waals surface area (Å²) in [5.41, 5.74) is -2.03. The van der Waals surface area contributed by atoms with E-state index in [2.05, 4.69) is 15.9 Å². The number of fused-ring (bicyclic) bond motifs is 1. The molecular weight excluding hydrogens is 282 g/mol. The van der Waals surface area contributed by atoms with Gasteiger partial charge in [0, 0.05) is 4.47 Å². The van der Waals surface area contributed by atoms with Crippen LogP contribution in [0, 0.1) is 10.1 Å². The van der Waals surface area contributed by atoms with E-state index in [4.69, 9.17) is 4.42 Å². The molecule has 16 heavy (non-hydrogen) atoms. The molecule has 1 N–H and O–H groups in total. The van der Waals surface area contributed by atoms with Gasteiger partial charge in [0.05, 0.1) is 10.3 Å². The zero-order valence-corrected chi connectivity index (χ0v) is 9.22. The third kappa shape index (κ3) is 1.54. The predicted octanol–water partition coefficient (Wildman–Crippen LogP) is 2.17. The Labute approximate surface area is 96.4 Å². The summed E-state index contributed by atoms with van der Waals surface area (Å²) < 4.78 is 5.32. The second-order valence-corrected chi connectivity index (χ2v) is 3.90. The zero-order chi connectivity index (χ0) is 11.9. The van der Waals surface area contributed by atoms with Gasteiger partial charge in [0.1, 0.15) is 5.58 Å². The van der Waals surface area contributed by atoms with Gasteiger partial charge in [-0.3, -0.25) is 10.1 Å². The van der Waals surface area contributed by atoms with E-state index < -0.39 is 22.0 Å². The van der Waals surface area contributed by atoms with Crippen LogP contribution in [0.5, 0.6) is 5.75 Å². The van der Waals surface area contributed by atoms with Crippen molar-refractivity contribution in [2.24, 2.45) is 0 Å². The standard InChI is InChI=1S/C9H4BrNO5/c10-4-1-2-6-5(3-4)8(12)7(11(14)15)9(13)16-6/h1-3,12H. The topological polar surface area (TPSA) is 93.6 Å². The Kier molecular flexibility index (Phi) is 2.39. The van der Waals surface area contributed by atoms with Gasteiger partial charge in [0.2, 0.25) is 5.75 Å². The molecule has 7 heteroatoms. The summed E-state index contributed by atoms with van der Waals surface area (Å²) in [6.07, 6.45) is 0. The summed E-state index contributed by atoms with van der Waals surface area (Å²) in [4.78, 5) is 20.8. The highest BCUT2D eigenvalue weighted by atomic mass is 79.9. The molecule has 0 atom stereocenters. The molecule has 6 nitrogen and oxygen atoms in total. The number of nitro groups is 1. The van der Waals surface area contributed by atoms with Crippen molar-refractivity contribution in [3.8, 4) is 5.75 Å². The van der Waals surface area contributed by atoms with E-state index in [1.54, 1.807) is 6.07 Å². The van der Waals surface area contributed by atoms with Crippen molar-refractivity contribution in [2.45, 2.75) is 0 Å². The van der Waals surface area contributed by atoms with Crippen LogP contribution in [0.25, 0.3) is 11.0 Å². The lowest BCUT2D eigenvalue weighted by molar-refractivity contribution is -0.388. The van der Waals surface area contributed by atoms with E-state index >= 15 is 0 Å². The molecule has 0 bridgehead atoms. The average molecular weight is 286 g/mol. The first-order valence-electron chi connectivity index (χ1n) is 4.10. The highest BCUT2D eigenvalue weighted by Crippen LogP contribution is 2.32. The molecule has 0 saturated heterocycles. The Morgan fingerprint density at radius 1 is 1.44 bits per heavy atom. The van der Waals surface area contributed by atoms with Crippen LogP contribution in [0.1, 0.15) is 0 Å². The second kappa shape index (κ2) is 3.60. The smallest absolute Gasteiger partial charge is 0.419 e. The lowest BCUT2D eigenvalue weighted by atomic mass is 10.2. The maximum atomic E-state index is 11.2. The zero-order valence-electron chi connectivity index (χ0n) is 7.64. The molecule has 0 amide bonds. The molecule has 82 valence electrons. The van der Waals surface area contributed by atoms with E-state index in [1.807, 2.05) is 0 Å². The third-order valence-corrected chi connectivity index (χ3v) is 2.49.